The van der Waals surface area contributed by atoms with E-state index in [1.54, 1.807) is 0 Å². The smallest absolute Gasteiger partial charge is 0.119 e. The van der Waals surface area contributed by atoms with Crippen LogP contribution in [0.2, 0.25) is 0 Å². The Morgan fingerprint density at radius 1 is 1.10 bits per heavy atom. The summed E-state index contributed by atoms with van der Waals surface area (Å²) in [5.41, 5.74) is 1.73. The zero-order valence-corrected chi connectivity index (χ0v) is 13.4. The van der Waals surface area contributed by atoms with Crippen molar-refractivity contribution >= 4 is 5.69 Å². The van der Waals surface area contributed by atoms with E-state index in [1.807, 2.05) is 0 Å². The maximum atomic E-state index is 5.68. The molecule has 0 spiro atoms. The molecule has 0 aromatic heterocycles. The Kier molecular flexibility index (Phi) is 4.95. The molecule has 1 atom stereocenters. The van der Waals surface area contributed by atoms with Crippen LogP contribution in [0.15, 0.2) is 24.3 Å². The molecule has 0 aliphatic heterocycles. The molecule has 1 N–H and O–H groups in total. The van der Waals surface area contributed by atoms with E-state index in [4.69, 9.17) is 4.74 Å². The van der Waals surface area contributed by atoms with Crippen molar-refractivity contribution in [2.24, 2.45) is 5.41 Å². The van der Waals surface area contributed by atoms with Crippen molar-refractivity contribution in [3.8, 4) is 5.75 Å². The van der Waals surface area contributed by atoms with Gasteiger partial charge in [-0.25, -0.2) is 0 Å². The number of rotatable bonds is 4. The molecule has 1 aromatic carbocycles. The zero-order chi connectivity index (χ0) is 14.6. The molecule has 2 rings (SSSR count). The molecule has 20 heavy (non-hydrogen) atoms. The Labute approximate surface area is 123 Å². The summed E-state index contributed by atoms with van der Waals surface area (Å²) in [5.74, 6) is 0.951. The second-order valence-electron chi connectivity index (χ2n) is 7.13. The van der Waals surface area contributed by atoms with Crippen LogP contribution < -0.4 is 10.1 Å². The van der Waals surface area contributed by atoms with Crippen LogP contribution in [-0.4, -0.2) is 12.1 Å². The van der Waals surface area contributed by atoms with Gasteiger partial charge in [0.15, 0.2) is 0 Å². The van der Waals surface area contributed by atoms with Gasteiger partial charge in [-0.3, -0.25) is 0 Å². The lowest BCUT2D eigenvalue weighted by Crippen LogP contribution is -2.19. The predicted octanol–water partition coefficient (Wildman–Crippen LogP) is 5.24. The lowest BCUT2D eigenvalue weighted by Gasteiger charge is -2.22. The van der Waals surface area contributed by atoms with E-state index in [9.17, 15) is 0 Å². The first-order valence-electron chi connectivity index (χ1n) is 7.98. The fraction of sp³-hybridized carbons (Fsp3) is 0.667. The lowest BCUT2D eigenvalue weighted by molar-refractivity contribution is 0.242. The molecule has 0 bridgehead atoms. The minimum Gasteiger partial charge on any atom is -0.491 e. The quantitative estimate of drug-likeness (QED) is 0.758. The Morgan fingerprint density at radius 3 is 2.45 bits per heavy atom. The average Bonchev–Trinajstić information content (AvgIpc) is 2.53. The van der Waals surface area contributed by atoms with Crippen LogP contribution in [0.25, 0.3) is 0 Å². The first-order valence-corrected chi connectivity index (χ1v) is 7.98. The third-order valence-corrected chi connectivity index (χ3v) is 4.17. The van der Waals surface area contributed by atoms with Crippen molar-refractivity contribution in [1.82, 2.24) is 0 Å². The summed E-state index contributed by atoms with van der Waals surface area (Å²) in [6.45, 7) is 8.90. The minimum atomic E-state index is 0.234. The van der Waals surface area contributed by atoms with E-state index in [1.165, 1.54) is 37.8 Å². The van der Waals surface area contributed by atoms with E-state index < -0.39 is 0 Å². The number of benzene rings is 1. The maximum Gasteiger partial charge on any atom is 0.119 e. The van der Waals surface area contributed by atoms with Gasteiger partial charge in [0, 0.05) is 11.7 Å². The van der Waals surface area contributed by atoms with Crippen LogP contribution >= 0.6 is 0 Å². The van der Waals surface area contributed by atoms with Crippen molar-refractivity contribution in [2.75, 3.05) is 5.32 Å². The maximum absolute atomic E-state index is 5.68. The van der Waals surface area contributed by atoms with E-state index in [0.29, 0.717) is 11.5 Å². The number of anilines is 1. The Morgan fingerprint density at radius 2 is 1.80 bits per heavy atom. The molecule has 0 amide bonds. The summed E-state index contributed by atoms with van der Waals surface area (Å²) in [5, 5.41) is 3.68. The van der Waals surface area contributed by atoms with Crippen molar-refractivity contribution in [2.45, 2.75) is 71.9 Å². The van der Waals surface area contributed by atoms with E-state index in [0.717, 1.165) is 5.75 Å². The van der Waals surface area contributed by atoms with Gasteiger partial charge < -0.3 is 10.1 Å². The zero-order valence-electron chi connectivity index (χ0n) is 13.4. The summed E-state index contributed by atoms with van der Waals surface area (Å²) in [7, 11) is 0. The fourth-order valence-electron chi connectivity index (χ4n) is 2.94. The SMILES string of the molecule is CC(C)Oc1ccc(NC2CCCC(C)(C)CC2)cc1. The van der Waals surface area contributed by atoms with Gasteiger partial charge in [0.05, 0.1) is 6.10 Å². The van der Waals surface area contributed by atoms with Crippen LogP contribution in [0.1, 0.15) is 59.8 Å². The van der Waals surface area contributed by atoms with Crippen molar-refractivity contribution in [3.05, 3.63) is 24.3 Å². The van der Waals surface area contributed by atoms with E-state index in [2.05, 4.69) is 57.3 Å². The normalized spacial score (nSPS) is 22.4. The van der Waals surface area contributed by atoms with Crippen molar-refractivity contribution in [1.29, 1.82) is 0 Å². The highest BCUT2D eigenvalue weighted by Crippen LogP contribution is 2.34. The van der Waals surface area contributed by atoms with E-state index >= 15 is 0 Å². The molecule has 1 fully saturated rings. The highest BCUT2D eigenvalue weighted by Gasteiger charge is 2.24. The predicted molar refractivity (Wildman–Crippen MR) is 86.5 cm³/mol. The summed E-state index contributed by atoms with van der Waals surface area (Å²) < 4.78 is 5.68. The lowest BCUT2D eigenvalue weighted by atomic mass is 9.85. The molecule has 1 unspecified atom stereocenters. The molecule has 2 nitrogen and oxygen atoms in total. The van der Waals surface area contributed by atoms with Gasteiger partial charge in [-0.1, -0.05) is 20.3 Å². The molecule has 112 valence electrons. The second-order valence-corrected chi connectivity index (χ2v) is 7.13. The average molecular weight is 275 g/mol. The molecule has 1 aromatic rings. The Bertz CT molecular complexity index is 408. The monoisotopic (exact) mass is 275 g/mol. The first kappa shape index (κ1) is 15.2. The largest absolute Gasteiger partial charge is 0.491 e. The van der Waals surface area contributed by atoms with Crippen LogP contribution in [0.4, 0.5) is 5.69 Å². The topological polar surface area (TPSA) is 21.3 Å². The van der Waals surface area contributed by atoms with Gasteiger partial charge in [-0.2, -0.15) is 0 Å². The summed E-state index contributed by atoms with van der Waals surface area (Å²) >= 11 is 0. The van der Waals surface area contributed by atoms with Crippen LogP contribution in [-0.2, 0) is 0 Å². The van der Waals surface area contributed by atoms with E-state index in [-0.39, 0.29) is 6.10 Å². The van der Waals surface area contributed by atoms with Crippen LogP contribution in [0.3, 0.4) is 0 Å². The van der Waals surface area contributed by atoms with Gasteiger partial charge in [0.1, 0.15) is 5.75 Å². The second kappa shape index (κ2) is 6.51. The van der Waals surface area contributed by atoms with Crippen molar-refractivity contribution in [3.63, 3.8) is 0 Å². The summed E-state index contributed by atoms with van der Waals surface area (Å²) in [6, 6.07) is 9.00. The first-order chi connectivity index (χ1) is 9.44. The number of hydrogen-bond donors (Lipinski definition) is 1. The molecule has 0 saturated heterocycles. The van der Waals surface area contributed by atoms with Gasteiger partial charge in [-0.05, 0) is 69.2 Å². The van der Waals surface area contributed by atoms with Crippen molar-refractivity contribution < 1.29 is 4.74 Å². The third kappa shape index (κ3) is 4.73. The summed E-state index contributed by atoms with van der Waals surface area (Å²) in [4.78, 5) is 0. The molecule has 0 radical (unpaired) electrons. The van der Waals surface area contributed by atoms with Gasteiger partial charge >= 0.3 is 0 Å². The molecule has 1 aliphatic carbocycles. The Balaban J connectivity index is 1.89. The Hall–Kier alpha value is -1.18. The number of nitrogens with one attached hydrogen (secondary N) is 1. The van der Waals surface area contributed by atoms with Gasteiger partial charge in [0.25, 0.3) is 0 Å². The highest BCUT2D eigenvalue weighted by atomic mass is 16.5. The number of hydrogen-bond acceptors (Lipinski definition) is 2. The van der Waals surface area contributed by atoms with Gasteiger partial charge in [0.2, 0.25) is 0 Å². The summed E-state index contributed by atoms with van der Waals surface area (Å²) in [6.07, 6.45) is 6.80. The molecule has 1 aliphatic rings. The highest BCUT2D eigenvalue weighted by molar-refractivity contribution is 5.47. The minimum absolute atomic E-state index is 0.234. The standard InChI is InChI=1S/C18H29NO/c1-14(2)20-17-9-7-16(8-10-17)19-15-6-5-12-18(3,4)13-11-15/h7-10,14-15,19H,5-6,11-13H2,1-4H3. The molecular weight excluding hydrogens is 246 g/mol. The third-order valence-electron chi connectivity index (χ3n) is 4.17. The van der Waals surface area contributed by atoms with Crippen LogP contribution in [0.5, 0.6) is 5.75 Å². The number of ether oxygens (including phenoxy) is 1. The van der Waals surface area contributed by atoms with Crippen LogP contribution in [0, 0.1) is 5.41 Å². The fourth-order valence-corrected chi connectivity index (χ4v) is 2.94. The molecule has 1 saturated carbocycles. The van der Waals surface area contributed by atoms with Gasteiger partial charge in [-0.15, -0.1) is 0 Å². The molecule has 2 heteroatoms. The molecular formula is C18H29NO. The molecule has 0 heterocycles.